The number of aromatic nitrogens is 2. The average Bonchev–Trinajstić information content (AvgIpc) is 2.12. The van der Waals surface area contributed by atoms with E-state index in [9.17, 15) is 4.79 Å². The quantitative estimate of drug-likeness (QED) is 0.489. The maximum absolute atomic E-state index is 10.3. The third-order valence-corrected chi connectivity index (χ3v) is 0.661. The van der Waals surface area contributed by atoms with Crippen LogP contribution in [0.4, 0.5) is 0 Å². The molecule has 0 aromatic carbocycles. The fourth-order valence-electron chi connectivity index (χ4n) is 0.326. The Morgan fingerprint density at radius 3 is 2.88 bits per heavy atom. The van der Waals surface area contributed by atoms with Gasteiger partial charge in [0.1, 0.15) is 0 Å². The molecule has 0 bridgehead atoms. The van der Waals surface area contributed by atoms with Gasteiger partial charge in [0.05, 0.1) is 0 Å². The van der Waals surface area contributed by atoms with Crippen molar-refractivity contribution in [1.29, 1.82) is 0 Å². The summed E-state index contributed by atoms with van der Waals surface area (Å²) in [6.45, 7) is 1.37. The molecule has 0 aliphatic heterocycles. The van der Waals surface area contributed by atoms with E-state index in [-0.39, 0.29) is 11.7 Å². The fraction of sp³-hybridized carbons (Fsp3) is 0.250. The van der Waals surface area contributed by atoms with Crippen LogP contribution in [0.3, 0.4) is 0 Å². The molecule has 0 radical (unpaired) electrons. The lowest BCUT2D eigenvalue weighted by Gasteiger charge is -1.75. The Bertz CT molecular complexity index is 180. The Hall–Kier alpha value is -1.19. The van der Waals surface area contributed by atoms with Gasteiger partial charge < -0.3 is 4.42 Å². The zero-order valence-electron chi connectivity index (χ0n) is 4.29. The van der Waals surface area contributed by atoms with Crippen LogP contribution in [0.1, 0.15) is 17.6 Å². The van der Waals surface area contributed by atoms with Crippen molar-refractivity contribution in [1.82, 2.24) is 10.2 Å². The van der Waals surface area contributed by atoms with Gasteiger partial charge in [-0.15, -0.1) is 10.2 Å². The molecule has 0 atom stereocenters. The van der Waals surface area contributed by atoms with Crippen LogP contribution >= 0.6 is 0 Å². The van der Waals surface area contributed by atoms with E-state index >= 15 is 0 Å². The smallest absolute Gasteiger partial charge is 0.283 e. The van der Waals surface area contributed by atoms with Crippen molar-refractivity contribution >= 4 is 5.78 Å². The Balaban J connectivity index is 2.93. The van der Waals surface area contributed by atoms with Crippen LogP contribution in [0, 0.1) is 0 Å². The molecule has 0 unspecified atom stereocenters. The molecule has 1 rings (SSSR count). The van der Waals surface area contributed by atoms with Gasteiger partial charge in [-0.3, -0.25) is 4.79 Å². The third-order valence-electron chi connectivity index (χ3n) is 0.661. The standard InChI is InChI=1S/C4H4N2O2/c1-3(7)4-6-5-2-8-4/h2H,1H3. The monoisotopic (exact) mass is 112 g/mol. The van der Waals surface area contributed by atoms with Crippen LogP contribution < -0.4 is 0 Å². The van der Waals surface area contributed by atoms with Gasteiger partial charge >= 0.3 is 0 Å². The molecule has 0 aliphatic carbocycles. The molecule has 0 fully saturated rings. The van der Waals surface area contributed by atoms with E-state index in [1.807, 2.05) is 0 Å². The lowest BCUT2D eigenvalue weighted by Crippen LogP contribution is -1.90. The summed E-state index contributed by atoms with van der Waals surface area (Å²) in [5.41, 5.74) is 0. The van der Waals surface area contributed by atoms with Gasteiger partial charge in [0.2, 0.25) is 12.2 Å². The minimum Gasteiger partial charge on any atom is -0.421 e. The normalized spacial score (nSPS) is 9.12. The first-order valence-electron chi connectivity index (χ1n) is 2.08. The summed E-state index contributed by atoms with van der Waals surface area (Å²) in [5.74, 6) is -0.146. The second-order valence-electron chi connectivity index (χ2n) is 1.30. The average molecular weight is 112 g/mol. The minimum atomic E-state index is -0.206. The summed E-state index contributed by atoms with van der Waals surface area (Å²) < 4.78 is 4.52. The first-order valence-corrected chi connectivity index (χ1v) is 2.08. The Labute approximate surface area is 45.5 Å². The van der Waals surface area contributed by atoms with E-state index in [0.717, 1.165) is 6.39 Å². The molecule has 4 nitrogen and oxygen atoms in total. The molecule has 42 valence electrons. The second-order valence-corrected chi connectivity index (χ2v) is 1.30. The summed E-state index contributed by atoms with van der Waals surface area (Å²) in [5, 5.41) is 6.66. The van der Waals surface area contributed by atoms with E-state index in [1.165, 1.54) is 6.92 Å². The number of carbonyl (C=O) groups excluding carboxylic acids is 1. The Morgan fingerprint density at radius 1 is 1.88 bits per heavy atom. The van der Waals surface area contributed by atoms with Crippen molar-refractivity contribution in [2.24, 2.45) is 0 Å². The maximum atomic E-state index is 10.3. The van der Waals surface area contributed by atoms with Crippen LogP contribution in [0.5, 0.6) is 0 Å². The number of hydrogen-bond donors (Lipinski definition) is 0. The Morgan fingerprint density at radius 2 is 2.62 bits per heavy atom. The summed E-state index contributed by atoms with van der Waals surface area (Å²) in [7, 11) is 0. The van der Waals surface area contributed by atoms with E-state index in [1.54, 1.807) is 0 Å². The molecule has 0 amide bonds. The van der Waals surface area contributed by atoms with Gasteiger partial charge in [0, 0.05) is 6.92 Å². The summed E-state index contributed by atoms with van der Waals surface area (Å²) >= 11 is 0. The zero-order valence-corrected chi connectivity index (χ0v) is 4.29. The minimum absolute atomic E-state index is 0.0602. The van der Waals surface area contributed by atoms with Crippen LogP contribution in [0.15, 0.2) is 10.8 Å². The van der Waals surface area contributed by atoms with E-state index in [0.29, 0.717) is 0 Å². The van der Waals surface area contributed by atoms with Crippen molar-refractivity contribution in [3.8, 4) is 0 Å². The summed E-state index contributed by atoms with van der Waals surface area (Å²) in [6, 6.07) is 0. The lowest BCUT2D eigenvalue weighted by molar-refractivity contribution is 0.0980. The fourth-order valence-corrected chi connectivity index (χ4v) is 0.326. The van der Waals surface area contributed by atoms with Crippen LogP contribution in [-0.4, -0.2) is 16.0 Å². The summed E-state index contributed by atoms with van der Waals surface area (Å²) in [4.78, 5) is 10.3. The molecule has 0 spiro atoms. The molecule has 4 heteroatoms. The number of nitrogens with zero attached hydrogens (tertiary/aromatic N) is 2. The summed E-state index contributed by atoms with van der Waals surface area (Å²) in [6.07, 6.45) is 1.12. The van der Waals surface area contributed by atoms with Gasteiger partial charge in [-0.05, 0) is 0 Å². The van der Waals surface area contributed by atoms with Crippen molar-refractivity contribution in [2.45, 2.75) is 6.92 Å². The highest BCUT2D eigenvalue weighted by Gasteiger charge is 2.01. The lowest BCUT2D eigenvalue weighted by atomic mass is 10.5. The highest BCUT2D eigenvalue weighted by molar-refractivity contribution is 5.88. The van der Waals surface area contributed by atoms with Crippen LogP contribution in [0.25, 0.3) is 0 Å². The van der Waals surface area contributed by atoms with Crippen LogP contribution in [0.2, 0.25) is 0 Å². The topological polar surface area (TPSA) is 56.0 Å². The number of carbonyl (C=O) groups is 1. The predicted octanol–water partition coefficient (Wildman–Crippen LogP) is 0.272. The first-order chi connectivity index (χ1) is 3.80. The van der Waals surface area contributed by atoms with Gasteiger partial charge in [-0.2, -0.15) is 0 Å². The molecule has 1 heterocycles. The molecule has 8 heavy (non-hydrogen) atoms. The van der Waals surface area contributed by atoms with Crippen molar-refractivity contribution in [3.63, 3.8) is 0 Å². The molecule has 1 aromatic heterocycles. The van der Waals surface area contributed by atoms with Gasteiger partial charge in [0.25, 0.3) is 5.89 Å². The van der Waals surface area contributed by atoms with Crippen molar-refractivity contribution < 1.29 is 9.21 Å². The van der Waals surface area contributed by atoms with E-state index < -0.39 is 0 Å². The zero-order chi connectivity index (χ0) is 5.98. The van der Waals surface area contributed by atoms with Crippen molar-refractivity contribution in [3.05, 3.63) is 12.3 Å². The largest absolute Gasteiger partial charge is 0.421 e. The molecular weight excluding hydrogens is 108 g/mol. The van der Waals surface area contributed by atoms with Gasteiger partial charge in [-0.25, -0.2) is 0 Å². The number of rotatable bonds is 1. The maximum Gasteiger partial charge on any atom is 0.283 e. The molecule has 1 aromatic rings. The van der Waals surface area contributed by atoms with Gasteiger partial charge in [-0.1, -0.05) is 0 Å². The third kappa shape index (κ3) is 0.726. The van der Waals surface area contributed by atoms with Gasteiger partial charge in [0.15, 0.2) is 0 Å². The molecule has 0 saturated heterocycles. The number of hydrogen-bond acceptors (Lipinski definition) is 4. The first kappa shape index (κ1) is 4.96. The highest BCUT2D eigenvalue weighted by Crippen LogP contribution is 1.89. The van der Waals surface area contributed by atoms with E-state index in [4.69, 9.17) is 0 Å². The van der Waals surface area contributed by atoms with E-state index in [2.05, 4.69) is 14.6 Å². The molecular formula is C4H4N2O2. The van der Waals surface area contributed by atoms with Crippen LogP contribution in [-0.2, 0) is 0 Å². The SMILES string of the molecule is CC(=O)c1nnco1. The predicted molar refractivity (Wildman–Crippen MR) is 24.3 cm³/mol. The Kier molecular flexibility index (Phi) is 1.07. The second kappa shape index (κ2) is 1.73. The highest BCUT2D eigenvalue weighted by atomic mass is 16.4. The van der Waals surface area contributed by atoms with Crippen molar-refractivity contribution in [2.75, 3.05) is 0 Å². The molecule has 0 saturated carbocycles. The number of Topliss-reactive ketones (excluding diaryl/α,β-unsaturated/α-hetero) is 1. The number of ketones is 1. The molecule has 0 N–H and O–H groups in total. The molecule has 0 aliphatic rings.